The van der Waals surface area contributed by atoms with Crippen molar-refractivity contribution in [2.45, 2.75) is 6.61 Å². The minimum atomic E-state index is -0.451. The molecule has 2 aliphatic heterocycles. The van der Waals surface area contributed by atoms with Crippen molar-refractivity contribution in [3.63, 3.8) is 0 Å². The smallest absolute Gasteiger partial charge is 0.339 e. The molecule has 146 valence electrons. The second-order valence-corrected chi connectivity index (χ2v) is 6.78. The Bertz CT molecular complexity index is 1190. The van der Waals surface area contributed by atoms with E-state index in [1.165, 1.54) is 14.2 Å². The minimum absolute atomic E-state index is 0.0369. The fourth-order valence-electron chi connectivity index (χ4n) is 3.91. The van der Waals surface area contributed by atoms with E-state index < -0.39 is 5.97 Å². The molecule has 1 amide bonds. The number of hydroxylamine groups is 2. The van der Waals surface area contributed by atoms with Gasteiger partial charge in [-0.3, -0.25) is 9.63 Å². The molecule has 0 aromatic heterocycles. The van der Waals surface area contributed by atoms with Gasteiger partial charge >= 0.3 is 5.97 Å². The molecule has 0 N–H and O–H groups in total. The summed E-state index contributed by atoms with van der Waals surface area (Å²) in [5, 5.41) is 2.65. The van der Waals surface area contributed by atoms with Crippen molar-refractivity contribution in [2.75, 3.05) is 21.0 Å². The summed E-state index contributed by atoms with van der Waals surface area (Å²) in [5.74, 6) is 0.486. The summed E-state index contributed by atoms with van der Waals surface area (Å²) in [6.07, 6.45) is 0. The molecule has 29 heavy (non-hydrogen) atoms. The Morgan fingerprint density at radius 1 is 1.00 bits per heavy atom. The van der Waals surface area contributed by atoms with Gasteiger partial charge in [-0.1, -0.05) is 30.3 Å². The SMILES string of the molecule is CON(C)C(=O)c1c2c(c(-c3ccc4c(c3)OCO4)c3ccccc13)C(=O)OC2. The van der Waals surface area contributed by atoms with E-state index in [1.807, 2.05) is 42.5 Å². The van der Waals surface area contributed by atoms with E-state index in [-0.39, 0.29) is 19.3 Å². The molecular weight excluding hydrogens is 374 g/mol. The van der Waals surface area contributed by atoms with Gasteiger partial charge in [0, 0.05) is 18.2 Å². The van der Waals surface area contributed by atoms with Gasteiger partial charge in [0.25, 0.3) is 5.91 Å². The lowest BCUT2D eigenvalue weighted by atomic mass is 9.86. The highest BCUT2D eigenvalue weighted by atomic mass is 16.7. The van der Waals surface area contributed by atoms with Gasteiger partial charge < -0.3 is 14.2 Å². The Kier molecular flexibility index (Phi) is 3.92. The van der Waals surface area contributed by atoms with Crippen molar-refractivity contribution in [3.05, 3.63) is 59.2 Å². The summed E-state index contributed by atoms with van der Waals surface area (Å²) < 4.78 is 16.3. The van der Waals surface area contributed by atoms with E-state index in [0.29, 0.717) is 33.8 Å². The first-order chi connectivity index (χ1) is 14.1. The van der Waals surface area contributed by atoms with E-state index in [4.69, 9.17) is 19.0 Å². The molecule has 7 nitrogen and oxygen atoms in total. The molecular formula is C22H17NO6. The van der Waals surface area contributed by atoms with Crippen LogP contribution in [0, 0.1) is 0 Å². The zero-order chi connectivity index (χ0) is 20.1. The van der Waals surface area contributed by atoms with Crippen LogP contribution in [0.2, 0.25) is 0 Å². The number of rotatable bonds is 3. The Labute approximate surface area is 166 Å². The highest BCUT2D eigenvalue weighted by molar-refractivity contribution is 6.18. The third kappa shape index (κ3) is 2.55. The summed E-state index contributed by atoms with van der Waals surface area (Å²) in [6, 6.07) is 13.0. The van der Waals surface area contributed by atoms with E-state index >= 15 is 0 Å². The normalized spacial score (nSPS) is 14.1. The van der Waals surface area contributed by atoms with Crippen molar-refractivity contribution in [3.8, 4) is 22.6 Å². The van der Waals surface area contributed by atoms with Crippen LogP contribution >= 0.6 is 0 Å². The Hall–Kier alpha value is -3.58. The van der Waals surface area contributed by atoms with Gasteiger partial charge in [-0.25, -0.2) is 9.86 Å². The van der Waals surface area contributed by atoms with Gasteiger partial charge in [-0.05, 0) is 28.5 Å². The predicted octanol–water partition coefficient (Wildman–Crippen LogP) is 3.54. The van der Waals surface area contributed by atoms with E-state index in [2.05, 4.69) is 0 Å². The monoisotopic (exact) mass is 391 g/mol. The van der Waals surface area contributed by atoms with Crippen molar-refractivity contribution in [1.82, 2.24) is 5.06 Å². The number of ether oxygens (including phenoxy) is 3. The van der Waals surface area contributed by atoms with Crippen molar-refractivity contribution in [2.24, 2.45) is 0 Å². The van der Waals surface area contributed by atoms with Gasteiger partial charge in [0.2, 0.25) is 6.79 Å². The Balaban J connectivity index is 1.86. The number of hydrogen-bond acceptors (Lipinski definition) is 6. The van der Waals surface area contributed by atoms with Crippen molar-refractivity contribution >= 4 is 22.6 Å². The number of cyclic esters (lactones) is 1. The van der Waals surface area contributed by atoms with Crippen molar-refractivity contribution in [1.29, 1.82) is 0 Å². The van der Waals surface area contributed by atoms with Crippen molar-refractivity contribution < 1.29 is 28.6 Å². The first-order valence-electron chi connectivity index (χ1n) is 9.07. The minimum Gasteiger partial charge on any atom is -0.457 e. The van der Waals surface area contributed by atoms with Crippen LogP contribution in [0.25, 0.3) is 21.9 Å². The van der Waals surface area contributed by atoms with Crippen LogP contribution in [-0.4, -0.2) is 37.9 Å². The van der Waals surface area contributed by atoms with Gasteiger partial charge in [-0.15, -0.1) is 0 Å². The molecule has 3 aromatic rings. The van der Waals surface area contributed by atoms with Gasteiger partial charge in [-0.2, -0.15) is 0 Å². The third-order valence-electron chi connectivity index (χ3n) is 5.31. The molecule has 2 heterocycles. The van der Waals surface area contributed by atoms with E-state index in [0.717, 1.165) is 21.4 Å². The van der Waals surface area contributed by atoms with Crippen LogP contribution in [0.15, 0.2) is 42.5 Å². The summed E-state index contributed by atoms with van der Waals surface area (Å²) >= 11 is 0. The molecule has 0 bridgehead atoms. The van der Waals surface area contributed by atoms with Crippen LogP contribution in [-0.2, 0) is 16.2 Å². The molecule has 5 rings (SSSR count). The number of amides is 1. The topological polar surface area (TPSA) is 74.3 Å². The molecule has 7 heteroatoms. The van der Waals surface area contributed by atoms with Crippen LogP contribution in [0.3, 0.4) is 0 Å². The highest BCUT2D eigenvalue weighted by Gasteiger charge is 2.34. The number of nitrogens with zero attached hydrogens (tertiary/aromatic N) is 1. The molecule has 0 radical (unpaired) electrons. The zero-order valence-corrected chi connectivity index (χ0v) is 15.9. The summed E-state index contributed by atoms with van der Waals surface area (Å²) in [7, 11) is 2.95. The molecule has 0 saturated heterocycles. The maximum atomic E-state index is 13.1. The number of esters is 1. The second kappa shape index (κ2) is 6.49. The maximum Gasteiger partial charge on any atom is 0.339 e. The fraction of sp³-hybridized carbons (Fsp3) is 0.182. The molecule has 0 unspecified atom stereocenters. The largest absolute Gasteiger partial charge is 0.457 e. The van der Waals surface area contributed by atoms with Crippen LogP contribution in [0.1, 0.15) is 26.3 Å². The molecule has 0 aliphatic carbocycles. The maximum absolute atomic E-state index is 13.1. The summed E-state index contributed by atoms with van der Waals surface area (Å²) in [4.78, 5) is 30.9. The predicted molar refractivity (Wildman–Crippen MR) is 104 cm³/mol. The molecule has 0 atom stereocenters. The average Bonchev–Trinajstić information content (AvgIpc) is 3.37. The van der Waals surface area contributed by atoms with Crippen LogP contribution in [0.5, 0.6) is 11.5 Å². The van der Waals surface area contributed by atoms with Gasteiger partial charge in [0.15, 0.2) is 11.5 Å². The molecule has 3 aromatic carbocycles. The number of benzene rings is 3. The fourth-order valence-corrected chi connectivity index (χ4v) is 3.91. The number of carbonyl (C=O) groups excluding carboxylic acids is 2. The first kappa shape index (κ1) is 17.5. The molecule has 0 fully saturated rings. The van der Waals surface area contributed by atoms with Crippen LogP contribution < -0.4 is 9.47 Å². The average molecular weight is 391 g/mol. The second-order valence-electron chi connectivity index (χ2n) is 6.78. The lowest BCUT2D eigenvalue weighted by Gasteiger charge is -2.19. The highest BCUT2D eigenvalue weighted by Crippen LogP contribution is 2.44. The molecule has 0 saturated carbocycles. The molecule has 2 aliphatic rings. The Morgan fingerprint density at radius 3 is 2.55 bits per heavy atom. The quantitative estimate of drug-likeness (QED) is 0.502. The lowest BCUT2D eigenvalue weighted by Crippen LogP contribution is -2.27. The standard InChI is InChI=1S/C22H17NO6/c1-23(26-2)21(24)19-14-6-4-3-5-13(14)18(20-15(19)10-27-22(20)25)12-7-8-16-17(9-12)29-11-28-16/h3-9H,10-11H2,1-2H3. The van der Waals surface area contributed by atoms with Gasteiger partial charge in [0.05, 0.1) is 18.2 Å². The zero-order valence-electron chi connectivity index (χ0n) is 15.9. The summed E-state index contributed by atoms with van der Waals surface area (Å²) in [6.45, 7) is 0.200. The lowest BCUT2D eigenvalue weighted by molar-refractivity contribution is -0.0756. The van der Waals surface area contributed by atoms with Gasteiger partial charge in [0.1, 0.15) is 6.61 Å². The third-order valence-corrected chi connectivity index (χ3v) is 5.31. The van der Waals surface area contributed by atoms with Crippen LogP contribution in [0.4, 0.5) is 0 Å². The number of fused-ring (bicyclic) bond motifs is 3. The molecule has 0 spiro atoms. The first-order valence-corrected chi connectivity index (χ1v) is 9.07. The summed E-state index contributed by atoms with van der Waals surface area (Å²) in [5.41, 5.74) is 2.88. The Morgan fingerprint density at radius 2 is 1.76 bits per heavy atom. The van der Waals surface area contributed by atoms with E-state index in [9.17, 15) is 9.59 Å². The number of hydrogen-bond donors (Lipinski definition) is 0. The van der Waals surface area contributed by atoms with E-state index in [1.54, 1.807) is 0 Å². The number of carbonyl (C=O) groups is 2.